The highest BCUT2D eigenvalue weighted by Gasteiger charge is 2.16. The second-order valence-corrected chi connectivity index (χ2v) is 8.08. The molecule has 1 aliphatic heterocycles. The Morgan fingerprint density at radius 1 is 1.10 bits per heavy atom. The SMILES string of the molecule is Nn1c(SCC(=O)Nc2ccc(N3CCCC3)cc2)nnc1-c1ccccc1Cl. The smallest absolute Gasteiger partial charge is 0.234 e. The van der Waals surface area contributed by atoms with Crippen molar-refractivity contribution in [3.63, 3.8) is 0 Å². The van der Waals surface area contributed by atoms with Gasteiger partial charge in [0.2, 0.25) is 11.1 Å². The van der Waals surface area contributed by atoms with Gasteiger partial charge >= 0.3 is 0 Å². The van der Waals surface area contributed by atoms with E-state index in [0.717, 1.165) is 18.8 Å². The summed E-state index contributed by atoms with van der Waals surface area (Å²) < 4.78 is 1.35. The fourth-order valence-corrected chi connectivity index (χ4v) is 4.14. The van der Waals surface area contributed by atoms with E-state index in [2.05, 4.69) is 20.4 Å². The van der Waals surface area contributed by atoms with Crippen LogP contribution >= 0.6 is 23.4 Å². The van der Waals surface area contributed by atoms with Crippen LogP contribution in [0.15, 0.2) is 53.7 Å². The zero-order valence-corrected chi connectivity index (χ0v) is 17.3. The number of nitrogens with two attached hydrogens (primary N) is 1. The van der Waals surface area contributed by atoms with Gasteiger partial charge < -0.3 is 16.1 Å². The standard InChI is InChI=1S/C20H21ClN6OS/c21-17-6-2-1-5-16(17)19-24-25-20(27(19)22)29-13-18(28)23-14-7-9-15(10-8-14)26-11-3-4-12-26/h1-2,5-10H,3-4,11-13,22H2,(H,23,28). The van der Waals surface area contributed by atoms with E-state index in [1.165, 1.54) is 35.0 Å². The molecular weight excluding hydrogens is 408 g/mol. The maximum Gasteiger partial charge on any atom is 0.234 e. The largest absolute Gasteiger partial charge is 0.372 e. The summed E-state index contributed by atoms with van der Waals surface area (Å²) in [5, 5.41) is 12.1. The summed E-state index contributed by atoms with van der Waals surface area (Å²) in [7, 11) is 0. The lowest BCUT2D eigenvalue weighted by Crippen LogP contribution is -2.18. The van der Waals surface area contributed by atoms with Crippen molar-refractivity contribution >= 4 is 40.6 Å². The number of benzene rings is 2. The van der Waals surface area contributed by atoms with Crippen molar-refractivity contribution in [1.82, 2.24) is 14.9 Å². The molecule has 150 valence electrons. The number of anilines is 2. The number of aromatic nitrogens is 3. The number of nitrogens with one attached hydrogen (secondary N) is 1. The average Bonchev–Trinajstić information content (AvgIpc) is 3.38. The number of nitrogens with zero attached hydrogens (tertiary/aromatic N) is 4. The number of rotatable bonds is 6. The molecule has 0 saturated carbocycles. The number of carbonyl (C=O) groups is 1. The molecular formula is C20H21ClN6OS. The summed E-state index contributed by atoms with van der Waals surface area (Å²) >= 11 is 7.42. The summed E-state index contributed by atoms with van der Waals surface area (Å²) in [6, 6.07) is 15.2. The number of thioether (sulfide) groups is 1. The van der Waals surface area contributed by atoms with Gasteiger partial charge in [-0.1, -0.05) is 35.5 Å². The second-order valence-electron chi connectivity index (χ2n) is 6.73. The molecule has 2 aromatic carbocycles. The van der Waals surface area contributed by atoms with Crippen LogP contribution < -0.4 is 16.1 Å². The normalized spacial score (nSPS) is 13.6. The zero-order chi connectivity index (χ0) is 20.2. The Balaban J connectivity index is 1.35. The molecule has 1 fully saturated rings. The molecule has 0 unspecified atom stereocenters. The highest BCUT2D eigenvalue weighted by atomic mass is 35.5. The average molecular weight is 429 g/mol. The molecule has 1 amide bonds. The van der Waals surface area contributed by atoms with Gasteiger partial charge in [0.25, 0.3) is 0 Å². The zero-order valence-electron chi connectivity index (χ0n) is 15.7. The first kappa shape index (κ1) is 19.6. The van der Waals surface area contributed by atoms with Crippen molar-refractivity contribution in [3.8, 4) is 11.4 Å². The minimum atomic E-state index is -0.133. The summed E-state index contributed by atoms with van der Waals surface area (Å²) in [5.41, 5.74) is 2.65. The van der Waals surface area contributed by atoms with Crippen molar-refractivity contribution in [2.24, 2.45) is 0 Å². The van der Waals surface area contributed by atoms with E-state index < -0.39 is 0 Å². The summed E-state index contributed by atoms with van der Waals surface area (Å²) in [4.78, 5) is 14.7. The fraction of sp³-hybridized carbons (Fsp3) is 0.250. The third-order valence-corrected chi connectivity index (χ3v) is 6.01. The molecule has 0 bridgehead atoms. The van der Waals surface area contributed by atoms with E-state index in [9.17, 15) is 4.79 Å². The van der Waals surface area contributed by atoms with Crippen LogP contribution in [-0.4, -0.2) is 39.6 Å². The number of hydrogen-bond acceptors (Lipinski definition) is 6. The maximum atomic E-state index is 12.3. The Morgan fingerprint density at radius 2 is 1.83 bits per heavy atom. The second kappa shape index (κ2) is 8.75. The van der Waals surface area contributed by atoms with Crippen LogP contribution in [0.3, 0.4) is 0 Å². The number of carbonyl (C=O) groups excluding carboxylic acids is 1. The van der Waals surface area contributed by atoms with Crippen LogP contribution in [0.5, 0.6) is 0 Å². The Kier molecular flexibility index (Phi) is 5.92. The van der Waals surface area contributed by atoms with Crippen LogP contribution in [0.1, 0.15) is 12.8 Å². The van der Waals surface area contributed by atoms with Crippen molar-refractivity contribution in [2.45, 2.75) is 18.0 Å². The van der Waals surface area contributed by atoms with Crippen molar-refractivity contribution < 1.29 is 4.79 Å². The monoisotopic (exact) mass is 428 g/mol. The first-order valence-corrected chi connectivity index (χ1v) is 10.7. The van der Waals surface area contributed by atoms with Crippen LogP contribution in [0.25, 0.3) is 11.4 Å². The van der Waals surface area contributed by atoms with E-state index in [1.807, 2.05) is 42.5 Å². The van der Waals surface area contributed by atoms with Crippen LogP contribution in [-0.2, 0) is 4.79 Å². The van der Waals surface area contributed by atoms with Gasteiger partial charge in [0.15, 0.2) is 5.82 Å². The number of halogens is 1. The molecule has 2 heterocycles. The molecule has 9 heteroatoms. The Labute approximate surface area is 178 Å². The molecule has 0 atom stereocenters. The molecule has 4 rings (SSSR count). The predicted octanol–water partition coefficient (Wildman–Crippen LogP) is 3.64. The summed E-state index contributed by atoms with van der Waals surface area (Å²) in [5.74, 6) is 6.59. The van der Waals surface area contributed by atoms with Gasteiger partial charge in [-0.25, -0.2) is 4.68 Å². The van der Waals surface area contributed by atoms with Gasteiger partial charge in [0, 0.05) is 30.0 Å². The number of nitrogen functional groups attached to an aromatic ring is 1. The van der Waals surface area contributed by atoms with Crippen LogP contribution in [0.2, 0.25) is 5.02 Å². The van der Waals surface area contributed by atoms with Crippen LogP contribution in [0.4, 0.5) is 11.4 Å². The third-order valence-electron chi connectivity index (χ3n) is 4.73. The predicted molar refractivity (Wildman–Crippen MR) is 118 cm³/mol. The lowest BCUT2D eigenvalue weighted by atomic mass is 10.2. The first-order valence-electron chi connectivity index (χ1n) is 9.35. The van der Waals surface area contributed by atoms with E-state index in [4.69, 9.17) is 17.4 Å². The van der Waals surface area contributed by atoms with Gasteiger partial charge in [0.05, 0.1) is 10.8 Å². The number of amides is 1. The topological polar surface area (TPSA) is 89.1 Å². The van der Waals surface area contributed by atoms with E-state index in [0.29, 0.717) is 21.6 Å². The summed E-state index contributed by atoms with van der Waals surface area (Å²) in [6.45, 7) is 2.19. The Bertz CT molecular complexity index is 1000. The van der Waals surface area contributed by atoms with Gasteiger partial charge in [-0.05, 0) is 49.2 Å². The van der Waals surface area contributed by atoms with Crippen molar-refractivity contribution in [3.05, 3.63) is 53.6 Å². The number of hydrogen-bond donors (Lipinski definition) is 2. The molecule has 3 N–H and O–H groups in total. The summed E-state index contributed by atoms with van der Waals surface area (Å²) in [6.07, 6.45) is 2.47. The van der Waals surface area contributed by atoms with Gasteiger partial charge in [0.1, 0.15) is 0 Å². The molecule has 0 aliphatic carbocycles. The molecule has 7 nitrogen and oxygen atoms in total. The molecule has 3 aromatic rings. The minimum Gasteiger partial charge on any atom is -0.372 e. The quantitative estimate of drug-likeness (QED) is 0.460. The highest BCUT2D eigenvalue weighted by Crippen LogP contribution is 2.27. The molecule has 1 saturated heterocycles. The maximum absolute atomic E-state index is 12.3. The highest BCUT2D eigenvalue weighted by molar-refractivity contribution is 7.99. The minimum absolute atomic E-state index is 0.133. The fourth-order valence-electron chi connectivity index (χ4n) is 3.26. The lowest BCUT2D eigenvalue weighted by Gasteiger charge is -2.17. The molecule has 1 aliphatic rings. The first-order chi connectivity index (χ1) is 14.1. The van der Waals surface area contributed by atoms with Gasteiger partial charge in [-0.15, -0.1) is 10.2 Å². The molecule has 0 spiro atoms. The van der Waals surface area contributed by atoms with E-state index >= 15 is 0 Å². The van der Waals surface area contributed by atoms with E-state index in [-0.39, 0.29) is 11.7 Å². The van der Waals surface area contributed by atoms with Gasteiger partial charge in [-0.2, -0.15) is 0 Å². The van der Waals surface area contributed by atoms with E-state index in [1.54, 1.807) is 6.07 Å². The molecule has 29 heavy (non-hydrogen) atoms. The van der Waals surface area contributed by atoms with Crippen molar-refractivity contribution in [2.75, 3.05) is 34.9 Å². The Hall–Kier alpha value is -2.71. The Morgan fingerprint density at radius 3 is 2.55 bits per heavy atom. The molecule has 0 radical (unpaired) electrons. The lowest BCUT2D eigenvalue weighted by molar-refractivity contribution is -0.113. The third kappa shape index (κ3) is 4.49. The van der Waals surface area contributed by atoms with Crippen molar-refractivity contribution in [1.29, 1.82) is 0 Å². The van der Waals surface area contributed by atoms with Gasteiger partial charge in [-0.3, -0.25) is 4.79 Å². The van der Waals surface area contributed by atoms with Crippen LogP contribution in [0, 0.1) is 0 Å². The molecule has 1 aromatic heterocycles.